The van der Waals surface area contributed by atoms with Crippen molar-refractivity contribution in [1.82, 2.24) is 20.7 Å². The van der Waals surface area contributed by atoms with E-state index in [1.807, 2.05) is 4.90 Å². The van der Waals surface area contributed by atoms with Crippen LogP contribution >= 0.6 is 23.2 Å². The molecule has 27 heavy (non-hydrogen) atoms. The highest BCUT2D eigenvalue weighted by Gasteiger charge is 2.59. The normalized spacial score (nSPS) is 45.7. The van der Waals surface area contributed by atoms with Gasteiger partial charge in [0.15, 0.2) is 0 Å². The molecule has 0 bridgehead atoms. The van der Waals surface area contributed by atoms with Crippen LogP contribution in [-0.2, 0) is 9.53 Å². The number of carbonyl (C=O) groups is 1. The van der Waals surface area contributed by atoms with Crippen molar-refractivity contribution in [3.05, 3.63) is 0 Å². The summed E-state index contributed by atoms with van der Waals surface area (Å²) < 4.78 is 5.12. The van der Waals surface area contributed by atoms with Gasteiger partial charge in [-0.1, -0.05) is 0 Å². The lowest BCUT2D eigenvalue weighted by Gasteiger charge is -2.46. The van der Waals surface area contributed by atoms with Gasteiger partial charge in [0.2, 0.25) is 5.91 Å². The Hall–Kier alpha value is -0.110. The number of rotatable bonds is 3. The zero-order valence-corrected chi connectivity index (χ0v) is 17.9. The molecule has 0 aromatic rings. The third kappa shape index (κ3) is 3.40. The summed E-state index contributed by atoms with van der Waals surface area (Å²) in [5, 5.41) is -0.0333. The maximum Gasteiger partial charge on any atom is 0.248 e. The lowest BCUT2D eigenvalue weighted by Crippen LogP contribution is -2.54. The van der Waals surface area contributed by atoms with E-state index < -0.39 is 0 Å². The highest BCUT2D eigenvalue weighted by Crippen LogP contribution is 2.53. The van der Waals surface area contributed by atoms with Gasteiger partial charge in [-0.15, -0.1) is 23.2 Å². The number of nitrogens with one attached hydrogen (secondary N) is 2. The van der Waals surface area contributed by atoms with E-state index in [-0.39, 0.29) is 35.4 Å². The van der Waals surface area contributed by atoms with Crippen molar-refractivity contribution in [2.75, 3.05) is 40.4 Å². The topological polar surface area (TPSA) is 56.8 Å². The Labute approximate surface area is 172 Å². The summed E-state index contributed by atoms with van der Waals surface area (Å²) in [6, 6.07) is 0.980. The number of carbonyl (C=O) groups excluding carboxylic acids is 1. The Morgan fingerprint density at radius 3 is 2.56 bits per heavy atom. The second-order valence-electron chi connectivity index (χ2n) is 8.91. The van der Waals surface area contributed by atoms with Gasteiger partial charge in [-0.25, -0.2) is 0 Å². The fourth-order valence-corrected chi connectivity index (χ4v) is 7.19. The molecular formula is C19H32Cl2N4O2. The number of amides is 1. The van der Waals surface area contributed by atoms with E-state index in [4.69, 9.17) is 27.9 Å². The summed E-state index contributed by atoms with van der Waals surface area (Å²) in [6.45, 7) is 5.08. The molecule has 3 aliphatic heterocycles. The first-order valence-corrected chi connectivity index (χ1v) is 11.1. The Bertz CT molecular complexity index is 562. The number of likely N-dealkylation sites (tertiary alicyclic amines) is 2. The molecule has 1 aliphatic carbocycles. The van der Waals surface area contributed by atoms with Crippen molar-refractivity contribution >= 4 is 29.1 Å². The molecule has 4 aliphatic rings. The minimum Gasteiger partial charge on any atom is -0.375 e. The minimum absolute atomic E-state index is 0.00442. The largest absolute Gasteiger partial charge is 0.375 e. The number of methoxy groups -OCH3 is 1. The molecule has 3 saturated heterocycles. The third-order valence-electron chi connectivity index (χ3n) is 7.61. The Kier molecular flexibility index (Phi) is 5.95. The number of hydrogen-bond acceptors (Lipinski definition) is 5. The van der Waals surface area contributed by atoms with E-state index in [0.29, 0.717) is 29.7 Å². The number of hydrazine groups is 1. The van der Waals surface area contributed by atoms with Crippen LogP contribution in [0.15, 0.2) is 0 Å². The van der Waals surface area contributed by atoms with Crippen molar-refractivity contribution in [1.29, 1.82) is 0 Å². The highest BCUT2D eigenvalue weighted by atomic mass is 35.5. The second kappa shape index (κ2) is 7.96. The molecule has 7 unspecified atom stereocenters. The van der Waals surface area contributed by atoms with Crippen LogP contribution in [0.5, 0.6) is 0 Å². The monoisotopic (exact) mass is 418 g/mol. The molecule has 1 saturated carbocycles. The van der Waals surface area contributed by atoms with Gasteiger partial charge in [0, 0.05) is 44.9 Å². The van der Waals surface area contributed by atoms with Crippen molar-refractivity contribution in [3.8, 4) is 0 Å². The van der Waals surface area contributed by atoms with Gasteiger partial charge in [0.25, 0.3) is 0 Å². The molecule has 3 heterocycles. The molecule has 8 atom stereocenters. The molecule has 0 aromatic heterocycles. The summed E-state index contributed by atoms with van der Waals surface area (Å²) in [7, 11) is 3.80. The Morgan fingerprint density at radius 1 is 1.19 bits per heavy atom. The fourth-order valence-electron chi connectivity index (χ4n) is 6.38. The van der Waals surface area contributed by atoms with Crippen LogP contribution in [0, 0.1) is 23.7 Å². The third-order valence-corrected chi connectivity index (χ3v) is 8.75. The van der Waals surface area contributed by atoms with E-state index in [2.05, 4.69) is 29.7 Å². The molecule has 4 fully saturated rings. The van der Waals surface area contributed by atoms with E-state index in [0.717, 1.165) is 32.5 Å². The number of alkyl halides is 2. The summed E-state index contributed by atoms with van der Waals surface area (Å²) in [5.41, 5.74) is 6.58. The number of piperidine rings is 1. The van der Waals surface area contributed by atoms with Gasteiger partial charge in [0.05, 0.1) is 10.8 Å². The van der Waals surface area contributed by atoms with Gasteiger partial charge in [-0.2, -0.15) is 0 Å². The summed E-state index contributed by atoms with van der Waals surface area (Å²) in [5.74, 6) is 2.13. The van der Waals surface area contributed by atoms with Gasteiger partial charge < -0.3 is 9.64 Å². The van der Waals surface area contributed by atoms with E-state index in [9.17, 15) is 4.79 Å². The van der Waals surface area contributed by atoms with Gasteiger partial charge >= 0.3 is 0 Å². The van der Waals surface area contributed by atoms with Crippen LogP contribution in [0.1, 0.15) is 19.8 Å². The molecular weight excluding hydrogens is 387 g/mol. The molecule has 4 rings (SSSR count). The first-order valence-electron chi connectivity index (χ1n) is 10.2. The minimum atomic E-state index is -0.0377. The van der Waals surface area contributed by atoms with Crippen molar-refractivity contribution in [2.45, 2.75) is 48.6 Å². The molecule has 0 spiro atoms. The SMILES string of the molecule is COCC(=O)N1CC2C3C(C4CNNC4)CC(Cl)C(Cl)C3N(C)C2C[C@H]1C. The zero-order valence-electron chi connectivity index (χ0n) is 16.4. The van der Waals surface area contributed by atoms with Crippen LogP contribution in [-0.4, -0.2) is 85.0 Å². The van der Waals surface area contributed by atoms with Gasteiger partial charge in [-0.05, 0) is 50.5 Å². The number of nitrogens with zero attached hydrogens (tertiary/aromatic N) is 2. The predicted octanol–water partition coefficient (Wildman–Crippen LogP) is 1.13. The Balaban J connectivity index is 1.63. The van der Waals surface area contributed by atoms with E-state index in [1.165, 1.54) is 0 Å². The summed E-state index contributed by atoms with van der Waals surface area (Å²) >= 11 is 13.6. The fraction of sp³-hybridized carbons (Fsp3) is 0.947. The van der Waals surface area contributed by atoms with Crippen LogP contribution in [0.2, 0.25) is 0 Å². The molecule has 0 radical (unpaired) electrons. The lowest BCUT2D eigenvalue weighted by atomic mass is 9.65. The number of ether oxygens (including phenoxy) is 1. The first kappa shape index (κ1) is 20.2. The van der Waals surface area contributed by atoms with Crippen LogP contribution in [0.25, 0.3) is 0 Å². The standard InChI is InChI=1S/C19H32Cl2N4O2/c1-10-4-15-13(8-25(10)16(26)9-27-3)17-12(11-6-22-23-7-11)5-14(20)18(21)19(17)24(15)2/h10-15,17-19,22-23H,4-9H2,1-3H3/t10-,12?,13?,14?,15?,17?,18?,19?/m1/s1. The smallest absolute Gasteiger partial charge is 0.248 e. The summed E-state index contributed by atoms with van der Waals surface area (Å²) in [6.07, 6.45) is 1.96. The van der Waals surface area contributed by atoms with Gasteiger partial charge in [0.1, 0.15) is 6.61 Å². The second-order valence-corrected chi connectivity index (χ2v) is 9.97. The number of halogens is 2. The van der Waals surface area contributed by atoms with Crippen molar-refractivity contribution in [3.63, 3.8) is 0 Å². The van der Waals surface area contributed by atoms with Crippen LogP contribution in [0.4, 0.5) is 0 Å². The Morgan fingerprint density at radius 2 is 1.89 bits per heavy atom. The molecule has 6 nitrogen and oxygen atoms in total. The summed E-state index contributed by atoms with van der Waals surface area (Å²) in [4.78, 5) is 17.2. The molecule has 2 N–H and O–H groups in total. The highest BCUT2D eigenvalue weighted by molar-refractivity contribution is 6.30. The van der Waals surface area contributed by atoms with Crippen LogP contribution in [0.3, 0.4) is 0 Å². The molecule has 8 heteroatoms. The average molecular weight is 419 g/mol. The van der Waals surface area contributed by atoms with Gasteiger partial charge in [-0.3, -0.25) is 20.5 Å². The van der Waals surface area contributed by atoms with Crippen molar-refractivity contribution < 1.29 is 9.53 Å². The van der Waals surface area contributed by atoms with Crippen molar-refractivity contribution in [2.24, 2.45) is 23.7 Å². The number of fused-ring (bicyclic) bond motifs is 3. The van der Waals surface area contributed by atoms with Crippen LogP contribution < -0.4 is 10.9 Å². The zero-order chi connectivity index (χ0) is 19.3. The molecule has 154 valence electrons. The predicted molar refractivity (Wildman–Crippen MR) is 107 cm³/mol. The van der Waals surface area contributed by atoms with E-state index >= 15 is 0 Å². The maximum absolute atomic E-state index is 12.6. The molecule has 1 amide bonds. The molecule has 0 aromatic carbocycles. The quantitative estimate of drug-likeness (QED) is 0.672. The maximum atomic E-state index is 12.6. The first-order chi connectivity index (χ1) is 12.9. The number of hydrogen-bond donors (Lipinski definition) is 2. The average Bonchev–Trinajstić information content (AvgIpc) is 3.25. The lowest BCUT2D eigenvalue weighted by molar-refractivity contribution is -0.140. The van der Waals surface area contributed by atoms with E-state index in [1.54, 1.807) is 7.11 Å².